The molecule has 1 heterocycles. The number of nitrogens with one attached hydrogen (secondary N) is 3. The van der Waals surface area contributed by atoms with Crippen LogP contribution in [0.1, 0.15) is 66.9 Å². The van der Waals surface area contributed by atoms with E-state index >= 15 is 0 Å². The smallest absolute Gasteiger partial charge is 0.328 e. The minimum absolute atomic E-state index is 0.0722. The average Bonchev–Trinajstić information content (AvgIpc) is 2.89. The number of ether oxygens (including phenoxy) is 2. The van der Waals surface area contributed by atoms with Gasteiger partial charge in [-0.25, -0.2) is 4.79 Å². The number of hydrogen-bond acceptors (Lipinski definition) is 7. The molecule has 3 N–H and O–H groups in total. The van der Waals surface area contributed by atoms with E-state index < -0.39 is 59.3 Å². The number of esters is 1. The standard InChI is InChI=1S/C31H44ClN3O7/c1-18(17-36)24-10-9-11-26(37)34-22(15-20-12-13-25(41-8)21(32)14-20)27(38)33-19(2)31(6,7)29(40)35-23(28(39)42-24)16-30(3,4)5/h9,11-14,17-19,22-24H,10,15-16H2,1-8H3,(H,33,38)(H,34,37)(H,35,40)/b11-9+/t18-,19+,22-,23+,24+/m1/s1. The number of methoxy groups -OCH3 is 1. The van der Waals surface area contributed by atoms with Gasteiger partial charge in [0.25, 0.3) is 0 Å². The zero-order chi connectivity index (χ0) is 31.8. The quantitative estimate of drug-likeness (QED) is 0.333. The molecule has 0 saturated heterocycles. The molecule has 0 saturated carbocycles. The van der Waals surface area contributed by atoms with Crippen LogP contribution in [-0.2, 0) is 35.1 Å². The minimum atomic E-state index is -1.16. The third-order valence-electron chi connectivity index (χ3n) is 7.43. The molecule has 42 heavy (non-hydrogen) atoms. The molecule has 5 atom stereocenters. The molecule has 1 aliphatic rings. The van der Waals surface area contributed by atoms with Crippen molar-refractivity contribution in [2.75, 3.05) is 7.11 Å². The van der Waals surface area contributed by atoms with Crippen molar-refractivity contribution in [3.63, 3.8) is 0 Å². The number of rotatable bonds is 6. The average molecular weight is 606 g/mol. The van der Waals surface area contributed by atoms with E-state index in [0.717, 1.165) is 0 Å². The van der Waals surface area contributed by atoms with Crippen molar-refractivity contribution in [2.24, 2.45) is 16.7 Å². The summed E-state index contributed by atoms with van der Waals surface area (Å²) < 4.78 is 10.9. The molecule has 1 aromatic rings. The highest BCUT2D eigenvalue weighted by Gasteiger charge is 2.40. The summed E-state index contributed by atoms with van der Waals surface area (Å²) >= 11 is 6.28. The summed E-state index contributed by atoms with van der Waals surface area (Å²) in [7, 11) is 1.49. The maximum Gasteiger partial charge on any atom is 0.328 e. The van der Waals surface area contributed by atoms with Crippen LogP contribution >= 0.6 is 11.6 Å². The third kappa shape index (κ3) is 9.86. The van der Waals surface area contributed by atoms with Crippen molar-refractivity contribution in [3.8, 4) is 5.75 Å². The Labute approximate surface area is 253 Å². The molecule has 0 bridgehead atoms. The number of amides is 3. The van der Waals surface area contributed by atoms with Crippen molar-refractivity contribution < 1.29 is 33.4 Å². The Kier molecular flexibility index (Phi) is 12.2. The lowest BCUT2D eigenvalue weighted by Crippen LogP contribution is -2.58. The summed E-state index contributed by atoms with van der Waals surface area (Å²) in [6.07, 6.45) is 3.01. The second kappa shape index (κ2) is 14.7. The van der Waals surface area contributed by atoms with Gasteiger partial charge in [-0.05, 0) is 56.4 Å². The zero-order valence-electron chi connectivity index (χ0n) is 25.7. The molecule has 0 radical (unpaired) electrons. The van der Waals surface area contributed by atoms with E-state index in [1.165, 1.54) is 19.3 Å². The lowest BCUT2D eigenvalue weighted by Gasteiger charge is -2.35. The molecule has 0 fully saturated rings. The van der Waals surface area contributed by atoms with Crippen molar-refractivity contribution in [2.45, 2.75) is 92.0 Å². The van der Waals surface area contributed by atoms with Gasteiger partial charge in [-0.2, -0.15) is 0 Å². The highest BCUT2D eigenvalue weighted by atomic mass is 35.5. The minimum Gasteiger partial charge on any atom is -0.495 e. The Morgan fingerprint density at radius 1 is 1.12 bits per heavy atom. The maximum absolute atomic E-state index is 13.5. The van der Waals surface area contributed by atoms with Crippen LogP contribution in [-0.4, -0.2) is 61.3 Å². The van der Waals surface area contributed by atoms with Gasteiger partial charge in [-0.3, -0.25) is 14.4 Å². The second-order valence-corrected chi connectivity index (χ2v) is 13.0. The number of carbonyl (C=O) groups is 5. The SMILES string of the molecule is COc1ccc(C[C@H]2NC(=O)/C=C/C[C@@H]([C@H](C)C=O)OC(=O)[C@H](CC(C)(C)C)NC(=O)C(C)(C)[C@H](C)NC2=O)cc1Cl. The zero-order valence-corrected chi connectivity index (χ0v) is 26.5. The summed E-state index contributed by atoms with van der Waals surface area (Å²) in [6, 6.07) is 2.39. The lowest BCUT2D eigenvalue weighted by atomic mass is 9.82. The molecule has 10 nitrogen and oxygen atoms in total. The van der Waals surface area contributed by atoms with Crippen LogP contribution in [0.25, 0.3) is 0 Å². The summed E-state index contributed by atoms with van der Waals surface area (Å²) in [4.78, 5) is 64.9. The fourth-order valence-electron chi connectivity index (χ4n) is 4.34. The van der Waals surface area contributed by atoms with Crippen LogP contribution in [0.4, 0.5) is 0 Å². The number of halogens is 1. The number of cyclic esters (lactones) is 1. The van der Waals surface area contributed by atoms with E-state index in [1.807, 2.05) is 20.8 Å². The number of hydrogen-bond donors (Lipinski definition) is 3. The van der Waals surface area contributed by atoms with E-state index in [4.69, 9.17) is 21.1 Å². The summed E-state index contributed by atoms with van der Waals surface area (Å²) in [5.74, 6) is -2.38. The van der Waals surface area contributed by atoms with Crippen LogP contribution in [0.3, 0.4) is 0 Å². The van der Waals surface area contributed by atoms with Gasteiger partial charge in [0.05, 0.1) is 17.5 Å². The molecular weight excluding hydrogens is 562 g/mol. The number of carbonyl (C=O) groups excluding carboxylic acids is 5. The fourth-order valence-corrected chi connectivity index (χ4v) is 4.62. The number of aldehydes is 1. The first-order valence-corrected chi connectivity index (χ1v) is 14.4. The molecule has 11 heteroatoms. The summed E-state index contributed by atoms with van der Waals surface area (Å²) in [5.41, 5.74) is -0.819. The molecular formula is C31H44ClN3O7. The molecule has 232 valence electrons. The van der Waals surface area contributed by atoms with Gasteiger partial charge in [0.15, 0.2) is 0 Å². The first-order valence-electron chi connectivity index (χ1n) is 14.0. The van der Waals surface area contributed by atoms with Crippen molar-refractivity contribution in [3.05, 3.63) is 40.9 Å². The Hall–Kier alpha value is -3.40. The maximum atomic E-state index is 13.5. The molecule has 0 aliphatic carbocycles. The van der Waals surface area contributed by atoms with Crippen LogP contribution in [0, 0.1) is 16.7 Å². The number of benzene rings is 1. The molecule has 0 spiro atoms. The van der Waals surface area contributed by atoms with Gasteiger partial charge in [0.1, 0.15) is 30.2 Å². The van der Waals surface area contributed by atoms with Gasteiger partial charge in [-0.1, -0.05) is 51.4 Å². The normalized spacial score (nSPS) is 25.7. The highest BCUT2D eigenvalue weighted by molar-refractivity contribution is 6.32. The van der Waals surface area contributed by atoms with Crippen LogP contribution in [0.5, 0.6) is 5.75 Å². The Morgan fingerprint density at radius 3 is 2.36 bits per heavy atom. The first-order chi connectivity index (χ1) is 19.5. The van der Waals surface area contributed by atoms with Gasteiger partial charge in [0.2, 0.25) is 17.7 Å². The lowest BCUT2D eigenvalue weighted by molar-refractivity contribution is -0.157. The summed E-state index contributed by atoms with van der Waals surface area (Å²) in [6.45, 7) is 12.4. The molecule has 0 aromatic heterocycles. The molecule has 1 aromatic carbocycles. The first kappa shape index (κ1) is 34.8. The Bertz CT molecular complexity index is 1190. The van der Waals surface area contributed by atoms with Gasteiger partial charge < -0.3 is 30.2 Å². The van der Waals surface area contributed by atoms with Gasteiger partial charge >= 0.3 is 5.97 Å². The predicted molar refractivity (Wildman–Crippen MR) is 160 cm³/mol. The van der Waals surface area contributed by atoms with Gasteiger partial charge in [0, 0.05) is 24.8 Å². The highest BCUT2D eigenvalue weighted by Crippen LogP contribution is 2.27. The van der Waals surface area contributed by atoms with Crippen LogP contribution in [0.15, 0.2) is 30.4 Å². The van der Waals surface area contributed by atoms with E-state index in [-0.39, 0.29) is 24.7 Å². The Morgan fingerprint density at radius 2 is 1.79 bits per heavy atom. The monoisotopic (exact) mass is 605 g/mol. The van der Waals surface area contributed by atoms with Crippen LogP contribution < -0.4 is 20.7 Å². The third-order valence-corrected chi connectivity index (χ3v) is 7.72. The molecule has 2 rings (SSSR count). The van der Waals surface area contributed by atoms with E-state index in [2.05, 4.69) is 16.0 Å². The van der Waals surface area contributed by atoms with Crippen molar-refractivity contribution >= 4 is 41.6 Å². The Balaban J connectivity index is 2.49. The fraction of sp³-hybridized carbons (Fsp3) is 0.581. The second-order valence-electron chi connectivity index (χ2n) is 12.6. The summed E-state index contributed by atoms with van der Waals surface area (Å²) in [5, 5.41) is 8.76. The molecule has 3 amide bonds. The topological polar surface area (TPSA) is 140 Å². The van der Waals surface area contributed by atoms with E-state index in [9.17, 15) is 24.0 Å². The van der Waals surface area contributed by atoms with Crippen molar-refractivity contribution in [1.29, 1.82) is 0 Å². The van der Waals surface area contributed by atoms with Gasteiger partial charge in [-0.15, -0.1) is 0 Å². The predicted octanol–water partition coefficient (Wildman–Crippen LogP) is 3.53. The van der Waals surface area contributed by atoms with E-state index in [1.54, 1.807) is 45.9 Å². The van der Waals surface area contributed by atoms with Crippen LogP contribution in [0.2, 0.25) is 5.02 Å². The van der Waals surface area contributed by atoms with Crippen molar-refractivity contribution in [1.82, 2.24) is 16.0 Å². The molecule has 1 aliphatic heterocycles. The molecule has 0 unspecified atom stereocenters. The van der Waals surface area contributed by atoms with E-state index in [0.29, 0.717) is 22.6 Å². The largest absolute Gasteiger partial charge is 0.495 e.